The van der Waals surface area contributed by atoms with Crippen molar-refractivity contribution in [1.29, 1.82) is 0 Å². The van der Waals surface area contributed by atoms with Crippen molar-refractivity contribution in [3.63, 3.8) is 0 Å². The second-order valence-electron chi connectivity index (χ2n) is 6.78. The lowest BCUT2D eigenvalue weighted by atomic mass is 10.1. The maximum absolute atomic E-state index is 12.9. The van der Waals surface area contributed by atoms with E-state index in [4.69, 9.17) is 0 Å². The molecule has 0 saturated heterocycles. The highest BCUT2D eigenvalue weighted by Gasteiger charge is 2.25. The molecule has 0 spiro atoms. The van der Waals surface area contributed by atoms with Crippen molar-refractivity contribution < 1.29 is 18.3 Å². The average molecular weight is 368 g/mol. The number of nitrogens with one attached hydrogen (secondary N) is 2. The Morgan fingerprint density at radius 3 is 2.44 bits per heavy atom. The van der Waals surface area contributed by atoms with E-state index < -0.39 is 16.0 Å². The first-order chi connectivity index (χ1) is 11.8. The number of hydrogen-bond donors (Lipinski definition) is 3. The lowest BCUT2D eigenvalue weighted by Gasteiger charge is -2.20. The van der Waals surface area contributed by atoms with E-state index in [1.165, 1.54) is 18.2 Å². The first kappa shape index (κ1) is 19.7. The van der Waals surface area contributed by atoms with Crippen molar-refractivity contribution in [3.8, 4) is 0 Å². The number of aromatic carboxylic acids is 1. The highest BCUT2D eigenvalue weighted by Crippen LogP contribution is 2.26. The minimum Gasteiger partial charge on any atom is -0.478 e. The summed E-state index contributed by atoms with van der Waals surface area (Å²) in [5.41, 5.74) is 0.413. The Morgan fingerprint density at radius 1 is 1.24 bits per heavy atom. The summed E-state index contributed by atoms with van der Waals surface area (Å²) in [5, 5.41) is 12.4. The van der Waals surface area contributed by atoms with Crippen LogP contribution in [0.3, 0.4) is 0 Å². The molecule has 1 aromatic carbocycles. The Bertz CT molecular complexity index is 695. The summed E-state index contributed by atoms with van der Waals surface area (Å²) in [7, 11) is -3.79. The van der Waals surface area contributed by atoms with Crippen LogP contribution in [0.2, 0.25) is 0 Å². The molecule has 1 aromatic rings. The molecule has 1 aliphatic carbocycles. The van der Waals surface area contributed by atoms with Crippen molar-refractivity contribution >= 4 is 21.7 Å². The lowest BCUT2D eigenvalue weighted by Crippen LogP contribution is -2.35. The van der Waals surface area contributed by atoms with Gasteiger partial charge in [-0.1, -0.05) is 32.6 Å². The number of carboxylic acids is 1. The highest BCUT2D eigenvalue weighted by atomic mass is 32.2. The van der Waals surface area contributed by atoms with Gasteiger partial charge in [0.15, 0.2) is 0 Å². The zero-order chi connectivity index (χ0) is 18.4. The normalized spacial score (nSPS) is 17.7. The Hall–Kier alpha value is -1.60. The van der Waals surface area contributed by atoms with Crippen molar-refractivity contribution in [2.75, 3.05) is 5.32 Å². The molecule has 3 N–H and O–H groups in total. The van der Waals surface area contributed by atoms with E-state index in [1.807, 2.05) is 13.8 Å². The van der Waals surface area contributed by atoms with Crippen LogP contribution < -0.4 is 10.0 Å². The largest absolute Gasteiger partial charge is 0.478 e. The molecule has 0 aliphatic heterocycles. The number of hydrogen-bond acceptors (Lipinski definition) is 4. The molecule has 0 radical (unpaired) electrons. The first-order valence-electron chi connectivity index (χ1n) is 8.99. The minimum absolute atomic E-state index is 0.0111. The number of carboxylic acid groups (broad SMARTS) is 1. The molecule has 1 aliphatic rings. The zero-order valence-electron chi connectivity index (χ0n) is 14.9. The van der Waals surface area contributed by atoms with Crippen molar-refractivity contribution in [3.05, 3.63) is 23.8 Å². The number of sulfonamides is 1. The predicted octanol–water partition coefficient (Wildman–Crippen LogP) is 3.60. The zero-order valence-corrected chi connectivity index (χ0v) is 15.7. The summed E-state index contributed by atoms with van der Waals surface area (Å²) < 4.78 is 28.7. The fourth-order valence-corrected chi connectivity index (χ4v) is 4.54. The van der Waals surface area contributed by atoms with Gasteiger partial charge >= 0.3 is 5.97 Å². The summed E-state index contributed by atoms with van der Waals surface area (Å²) in [6, 6.07) is 4.21. The van der Waals surface area contributed by atoms with E-state index in [2.05, 4.69) is 10.0 Å². The van der Waals surface area contributed by atoms with Crippen molar-refractivity contribution in [1.82, 2.24) is 4.72 Å². The molecule has 0 bridgehead atoms. The summed E-state index contributed by atoms with van der Waals surface area (Å²) in [6.45, 7) is 3.96. The van der Waals surface area contributed by atoms with Gasteiger partial charge in [0.1, 0.15) is 4.90 Å². The van der Waals surface area contributed by atoms with Gasteiger partial charge in [-0.2, -0.15) is 0 Å². The molecular weight excluding hydrogens is 340 g/mol. The van der Waals surface area contributed by atoms with Crippen LogP contribution in [0.4, 0.5) is 5.69 Å². The van der Waals surface area contributed by atoms with E-state index in [1.54, 1.807) is 0 Å². The molecule has 1 unspecified atom stereocenters. The van der Waals surface area contributed by atoms with Crippen LogP contribution in [0.5, 0.6) is 0 Å². The van der Waals surface area contributed by atoms with E-state index in [-0.39, 0.29) is 22.5 Å². The van der Waals surface area contributed by atoms with E-state index in [0.717, 1.165) is 44.9 Å². The molecule has 2 rings (SSSR count). The van der Waals surface area contributed by atoms with Crippen LogP contribution >= 0.6 is 0 Å². The molecular formula is C18H28N2O4S. The third-order valence-electron chi connectivity index (χ3n) is 4.71. The van der Waals surface area contributed by atoms with Crippen LogP contribution in [-0.2, 0) is 10.0 Å². The second-order valence-corrected chi connectivity index (χ2v) is 8.46. The van der Waals surface area contributed by atoms with Crippen LogP contribution in [0, 0.1) is 0 Å². The third kappa shape index (κ3) is 5.44. The lowest BCUT2D eigenvalue weighted by molar-refractivity contribution is 0.0696. The monoisotopic (exact) mass is 368 g/mol. The fraction of sp³-hybridized carbons (Fsp3) is 0.611. The van der Waals surface area contributed by atoms with Gasteiger partial charge in [0.05, 0.1) is 11.3 Å². The van der Waals surface area contributed by atoms with Gasteiger partial charge in [-0.05, 0) is 44.4 Å². The predicted molar refractivity (Wildman–Crippen MR) is 98.6 cm³/mol. The van der Waals surface area contributed by atoms with Crippen LogP contribution in [-0.4, -0.2) is 31.6 Å². The van der Waals surface area contributed by atoms with Crippen molar-refractivity contribution in [2.45, 2.75) is 75.8 Å². The number of carbonyl (C=O) groups is 1. The Morgan fingerprint density at radius 2 is 1.88 bits per heavy atom. The molecule has 1 saturated carbocycles. The minimum atomic E-state index is -3.79. The van der Waals surface area contributed by atoms with Crippen molar-refractivity contribution in [2.24, 2.45) is 0 Å². The maximum Gasteiger partial charge on any atom is 0.335 e. The Labute approximate surface area is 150 Å². The molecule has 0 amide bonds. The first-order valence-corrected chi connectivity index (χ1v) is 10.5. The number of rotatable bonds is 7. The van der Waals surface area contributed by atoms with Gasteiger partial charge in [0, 0.05) is 12.1 Å². The second kappa shape index (κ2) is 8.67. The van der Waals surface area contributed by atoms with Gasteiger partial charge in [-0.3, -0.25) is 0 Å². The third-order valence-corrected chi connectivity index (χ3v) is 6.27. The van der Waals surface area contributed by atoms with E-state index in [0.29, 0.717) is 5.69 Å². The molecule has 0 heterocycles. The Kier molecular flexibility index (Phi) is 6.84. The topological polar surface area (TPSA) is 95.5 Å². The van der Waals surface area contributed by atoms with Gasteiger partial charge in [0.25, 0.3) is 0 Å². The molecule has 140 valence electrons. The number of benzene rings is 1. The molecule has 1 atom stereocenters. The smallest absolute Gasteiger partial charge is 0.335 e. The summed E-state index contributed by atoms with van der Waals surface area (Å²) >= 11 is 0. The molecule has 1 fully saturated rings. The quantitative estimate of drug-likeness (QED) is 0.639. The number of anilines is 1. The van der Waals surface area contributed by atoms with E-state index in [9.17, 15) is 18.3 Å². The SMILES string of the molecule is CCC(C)Nc1ccc(C(=O)O)cc1S(=O)(=O)NC1CCCCCC1. The standard InChI is InChI=1S/C18H28N2O4S/c1-3-13(2)19-16-11-10-14(18(21)22)12-17(16)25(23,24)20-15-8-6-4-5-7-9-15/h10-13,15,19-20H,3-9H2,1-2H3,(H,21,22). The average Bonchev–Trinajstić information content (AvgIpc) is 2.82. The summed E-state index contributed by atoms with van der Waals surface area (Å²) in [5.74, 6) is -1.14. The van der Waals surface area contributed by atoms with Gasteiger partial charge in [-0.15, -0.1) is 0 Å². The van der Waals surface area contributed by atoms with Crippen LogP contribution in [0.1, 0.15) is 69.2 Å². The molecule has 25 heavy (non-hydrogen) atoms. The van der Waals surface area contributed by atoms with E-state index >= 15 is 0 Å². The molecule has 7 heteroatoms. The van der Waals surface area contributed by atoms with Crippen LogP contribution in [0.15, 0.2) is 23.1 Å². The highest BCUT2D eigenvalue weighted by molar-refractivity contribution is 7.89. The van der Waals surface area contributed by atoms with Gasteiger partial charge < -0.3 is 10.4 Å². The summed E-state index contributed by atoms with van der Waals surface area (Å²) in [4.78, 5) is 11.3. The molecule has 0 aromatic heterocycles. The Balaban J connectivity index is 2.34. The van der Waals surface area contributed by atoms with Crippen LogP contribution in [0.25, 0.3) is 0 Å². The van der Waals surface area contributed by atoms with Gasteiger partial charge in [0.2, 0.25) is 10.0 Å². The molecule has 6 nitrogen and oxygen atoms in total. The maximum atomic E-state index is 12.9. The van der Waals surface area contributed by atoms with Gasteiger partial charge in [-0.25, -0.2) is 17.9 Å². The fourth-order valence-electron chi connectivity index (χ4n) is 3.04. The summed E-state index contributed by atoms with van der Waals surface area (Å²) in [6.07, 6.45) is 6.77.